The Morgan fingerprint density at radius 3 is 2.69 bits per heavy atom. The summed E-state index contributed by atoms with van der Waals surface area (Å²) in [5.41, 5.74) is 0. The molecule has 13 heavy (non-hydrogen) atoms. The molecule has 0 unspecified atom stereocenters. The van der Waals surface area contributed by atoms with Crippen LogP contribution in [0.5, 0.6) is 0 Å². The van der Waals surface area contributed by atoms with Gasteiger partial charge in [0.15, 0.2) is 0 Å². The Bertz CT molecular complexity index is 187. The van der Waals surface area contributed by atoms with E-state index in [0.29, 0.717) is 13.2 Å². The molecule has 0 rings (SSSR count). The van der Waals surface area contributed by atoms with Crippen LogP contribution in [0.25, 0.3) is 0 Å². The summed E-state index contributed by atoms with van der Waals surface area (Å²) in [7, 11) is 0. The molecule has 0 aromatic carbocycles. The van der Waals surface area contributed by atoms with Crippen LogP contribution in [0.1, 0.15) is 0 Å². The number of hydrogen-bond acceptors (Lipinski definition) is 4. The van der Waals surface area contributed by atoms with E-state index in [1.54, 1.807) is 0 Å². The van der Waals surface area contributed by atoms with Crippen molar-refractivity contribution in [1.29, 1.82) is 0 Å². The van der Waals surface area contributed by atoms with Crippen molar-refractivity contribution in [2.24, 2.45) is 0 Å². The molecular weight excluding hydrogens is 176 g/mol. The van der Waals surface area contributed by atoms with Gasteiger partial charge in [0.05, 0.1) is 12.9 Å². The van der Waals surface area contributed by atoms with Crippen LogP contribution in [0, 0.1) is 0 Å². The molecule has 0 aliphatic heterocycles. The van der Waals surface area contributed by atoms with Crippen molar-refractivity contribution in [3.8, 4) is 0 Å². The van der Waals surface area contributed by atoms with Gasteiger partial charge in [-0.05, 0) is 0 Å². The maximum Gasteiger partial charge on any atom is 0.511 e. The lowest BCUT2D eigenvalue weighted by molar-refractivity contribution is 0.0651. The molecule has 0 atom stereocenters. The summed E-state index contributed by atoms with van der Waals surface area (Å²) in [4.78, 5) is 9.97. The molecule has 0 amide bonds. The fourth-order valence-corrected chi connectivity index (χ4v) is 0.529. The molecule has 0 aromatic rings. The molecule has 74 valence electrons. The quantitative estimate of drug-likeness (QED) is 0.371. The summed E-state index contributed by atoms with van der Waals surface area (Å²) < 4.78 is 13.9. The van der Waals surface area contributed by atoms with E-state index in [1.165, 1.54) is 6.26 Å². The molecule has 1 N–H and O–H groups in total. The van der Waals surface area contributed by atoms with Crippen LogP contribution in [0.2, 0.25) is 0 Å². The number of carboxylic acid groups (broad SMARTS) is 1. The van der Waals surface area contributed by atoms with Crippen LogP contribution < -0.4 is 0 Å². The largest absolute Gasteiger partial charge is 0.511 e. The molecule has 0 radical (unpaired) electrons. The number of hydrogen-bond donors (Lipinski definition) is 1. The highest BCUT2D eigenvalue weighted by atomic mass is 16.7. The highest BCUT2D eigenvalue weighted by Crippen LogP contribution is 1.94. The van der Waals surface area contributed by atoms with Crippen LogP contribution in [-0.2, 0) is 14.2 Å². The molecule has 5 heteroatoms. The van der Waals surface area contributed by atoms with Crippen molar-refractivity contribution in [1.82, 2.24) is 0 Å². The normalized spacial score (nSPS) is 8.92. The molecule has 0 aliphatic carbocycles. The van der Waals surface area contributed by atoms with E-state index in [4.69, 9.17) is 14.6 Å². The van der Waals surface area contributed by atoms with Crippen molar-refractivity contribution in [2.45, 2.75) is 0 Å². The van der Waals surface area contributed by atoms with Gasteiger partial charge < -0.3 is 19.3 Å². The first kappa shape index (κ1) is 11.5. The highest BCUT2D eigenvalue weighted by Gasteiger charge is 2.00. The molecular formula is C8H12O5. The SMILES string of the molecule is C=COCCOCC(=C)OC(=O)O. The van der Waals surface area contributed by atoms with Crippen LogP contribution in [-0.4, -0.2) is 31.1 Å². The van der Waals surface area contributed by atoms with Gasteiger partial charge >= 0.3 is 6.16 Å². The Labute approximate surface area is 76.2 Å². The van der Waals surface area contributed by atoms with Gasteiger partial charge in [-0.1, -0.05) is 13.2 Å². The van der Waals surface area contributed by atoms with E-state index in [-0.39, 0.29) is 12.4 Å². The molecule has 0 aliphatic rings. The molecule has 5 nitrogen and oxygen atoms in total. The smallest absolute Gasteiger partial charge is 0.499 e. The summed E-state index contributed by atoms with van der Waals surface area (Å²) >= 11 is 0. The second kappa shape index (κ2) is 7.17. The van der Waals surface area contributed by atoms with Crippen molar-refractivity contribution in [3.63, 3.8) is 0 Å². The Hall–Kier alpha value is -1.49. The topological polar surface area (TPSA) is 65.0 Å². The van der Waals surface area contributed by atoms with Gasteiger partial charge in [0.2, 0.25) is 0 Å². The number of carbonyl (C=O) groups is 1. The molecule has 0 aromatic heterocycles. The van der Waals surface area contributed by atoms with Gasteiger partial charge in [0.1, 0.15) is 19.0 Å². The third kappa shape index (κ3) is 8.42. The van der Waals surface area contributed by atoms with Crippen LogP contribution >= 0.6 is 0 Å². The first-order chi connectivity index (χ1) is 6.16. The average Bonchev–Trinajstić information content (AvgIpc) is 2.02. The van der Waals surface area contributed by atoms with Gasteiger partial charge in [-0.25, -0.2) is 4.79 Å². The number of rotatable bonds is 7. The Kier molecular flexibility index (Phi) is 6.35. The maximum absolute atomic E-state index is 9.97. The predicted molar refractivity (Wildman–Crippen MR) is 45.2 cm³/mol. The predicted octanol–water partition coefficient (Wildman–Crippen LogP) is 1.37. The van der Waals surface area contributed by atoms with Crippen molar-refractivity contribution in [3.05, 3.63) is 25.2 Å². The summed E-state index contributed by atoms with van der Waals surface area (Å²) in [6.45, 7) is 7.39. The van der Waals surface area contributed by atoms with E-state index < -0.39 is 6.16 Å². The zero-order valence-corrected chi connectivity index (χ0v) is 7.19. The molecule has 0 saturated heterocycles. The third-order valence-corrected chi connectivity index (χ3v) is 0.958. The number of ether oxygens (including phenoxy) is 3. The fourth-order valence-electron chi connectivity index (χ4n) is 0.529. The van der Waals surface area contributed by atoms with E-state index in [2.05, 4.69) is 17.9 Å². The standard InChI is InChI=1S/C8H12O5/c1-3-11-4-5-12-6-7(2)13-8(9)10/h3H,1-2,4-6H2,(H,9,10). The molecule has 0 saturated carbocycles. The van der Waals surface area contributed by atoms with E-state index in [1.807, 2.05) is 0 Å². The first-order valence-corrected chi connectivity index (χ1v) is 3.55. The maximum atomic E-state index is 9.97. The zero-order chi connectivity index (χ0) is 10.1. The van der Waals surface area contributed by atoms with Crippen molar-refractivity contribution in [2.75, 3.05) is 19.8 Å². The molecule has 0 fully saturated rings. The Morgan fingerprint density at radius 2 is 2.15 bits per heavy atom. The fraction of sp³-hybridized carbons (Fsp3) is 0.375. The van der Waals surface area contributed by atoms with E-state index in [9.17, 15) is 4.79 Å². The van der Waals surface area contributed by atoms with Gasteiger partial charge in [-0.3, -0.25) is 0 Å². The second-order valence-electron chi connectivity index (χ2n) is 2.00. The van der Waals surface area contributed by atoms with E-state index in [0.717, 1.165) is 0 Å². The molecule has 0 heterocycles. The third-order valence-electron chi connectivity index (χ3n) is 0.958. The van der Waals surface area contributed by atoms with Crippen LogP contribution in [0.3, 0.4) is 0 Å². The summed E-state index contributed by atoms with van der Waals surface area (Å²) in [6.07, 6.45) is -0.0951. The van der Waals surface area contributed by atoms with Gasteiger partial charge in [-0.2, -0.15) is 0 Å². The average molecular weight is 188 g/mol. The summed E-state index contributed by atoms with van der Waals surface area (Å²) in [5.74, 6) is 0.0473. The van der Waals surface area contributed by atoms with E-state index >= 15 is 0 Å². The lowest BCUT2D eigenvalue weighted by atomic mass is 10.6. The minimum absolute atomic E-state index is 0.0345. The van der Waals surface area contributed by atoms with Crippen LogP contribution in [0.15, 0.2) is 25.2 Å². The van der Waals surface area contributed by atoms with Gasteiger partial charge in [0, 0.05) is 0 Å². The first-order valence-electron chi connectivity index (χ1n) is 3.55. The summed E-state index contributed by atoms with van der Waals surface area (Å²) in [6, 6.07) is 0. The lowest BCUT2D eigenvalue weighted by Gasteiger charge is -2.05. The molecule has 0 spiro atoms. The Morgan fingerprint density at radius 1 is 1.46 bits per heavy atom. The van der Waals surface area contributed by atoms with Crippen molar-refractivity contribution >= 4 is 6.16 Å². The minimum Gasteiger partial charge on any atom is -0.499 e. The second-order valence-corrected chi connectivity index (χ2v) is 2.00. The lowest BCUT2D eigenvalue weighted by Crippen LogP contribution is -2.08. The van der Waals surface area contributed by atoms with Gasteiger partial charge in [0.25, 0.3) is 0 Å². The minimum atomic E-state index is -1.39. The monoisotopic (exact) mass is 188 g/mol. The zero-order valence-electron chi connectivity index (χ0n) is 7.19. The highest BCUT2D eigenvalue weighted by molar-refractivity contribution is 5.58. The van der Waals surface area contributed by atoms with Gasteiger partial charge in [-0.15, -0.1) is 0 Å². The summed E-state index contributed by atoms with van der Waals surface area (Å²) in [5, 5.41) is 8.15. The Balaban J connectivity index is 3.26. The molecule has 0 bridgehead atoms. The van der Waals surface area contributed by atoms with Crippen molar-refractivity contribution < 1.29 is 24.1 Å². The van der Waals surface area contributed by atoms with Crippen LogP contribution in [0.4, 0.5) is 4.79 Å².